The fourth-order valence-electron chi connectivity index (χ4n) is 4.23. The van der Waals surface area contributed by atoms with Gasteiger partial charge < -0.3 is 13.9 Å². The first-order valence-corrected chi connectivity index (χ1v) is 11.2. The highest BCUT2D eigenvalue weighted by Gasteiger charge is 2.33. The van der Waals surface area contributed by atoms with E-state index in [1.807, 2.05) is 0 Å². The van der Waals surface area contributed by atoms with Gasteiger partial charge in [-0.25, -0.2) is 4.98 Å². The van der Waals surface area contributed by atoms with E-state index in [-0.39, 0.29) is 22.9 Å². The zero-order chi connectivity index (χ0) is 25.1. The van der Waals surface area contributed by atoms with Crippen molar-refractivity contribution < 1.29 is 17.9 Å². The van der Waals surface area contributed by atoms with Gasteiger partial charge in [0.25, 0.3) is 11.1 Å². The number of ether oxygens (including phenoxy) is 1. The van der Waals surface area contributed by atoms with Crippen LogP contribution in [0.25, 0.3) is 11.2 Å². The molecule has 7 nitrogen and oxygen atoms in total. The Morgan fingerprint density at radius 2 is 1.80 bits per heavy atom. The van der Waals surface area contributed by atoms with E-state index in [0.29, 0.717) is 11.4 Å². The molecule has 0 N–H and O–H groups in total. The molecule has 10 heteroatoms. The van der Waals surface area contributed by atoms with E-state index in [1.54, 1.807) is 37.6 Å². The number of alkyl halides is 3. The van der Waals surface area contributed by atoms with Gasteiger partial charge in [0.05, 0.1) is 29.7 Å². The van der Waals surface area contributed by atoms with Gasteiger partial charge in [0.1, 0.15) is 17.0 Å². The molecular formula is C25H23F3N4O3. The summed E-state index contributed by atoms with van der Waals surface area (Å²) in [4.78, 5) is 30.7. The first-order valence-electron chi connectivity index (χ1n) is 11.2. The summed E-state index contributed by atoms with van der Waals surface area (Å²) in [6.45, 7) is 5.10. The Morgan fingerprint density at radius 1 is 1.06 bits per heavy atom. The predicted octanol–water partition coefficient (Wildman–Crippen LogP) is 4.43. The van der Waals surface area contributed by atoms with Gasteiger partial charge in [0.15, 0.2) is 0 Å². The molecule has 3 aromatic heterocycles. The molecule has 3 heterocycles. The van der Waals surface area contributed by atoms with Crippen LogP contribution in [0.15, 0.2) is 58.6 Å². The molecule has 1 atom stereocenters. The first-order chi connectivity index (χ1) is 16.5. The summed E-state index contributed by atoms with van der Waals surface area (Å²) in [6, 6.07) is 5.91. The van der Waals surface area contributed by atoms with Crippen LogP contribution in [0, 0.1) is 13.8 Å². The van der Waals surface area contributed by atoms with Crippen molar-refractivity contribution in [3.05, 3.63) is 92.3 Å². The van der Waals surface area contributed by atoms with E-state index in [9.17, 15) is 22.8 Å². The van der Waals surface area contributed by atoms with Crippen molar-refractivity contribution in [2.24, 2.45) is 0 Å². The molecule has 1 aliphatic carbocycles. The third kappa shape index (κ3) is 4.24. The van der Waals surface area contributed by atoms with Crippen LogP contribution in [-0.2, 0) is 6.18 Å². The van der Waals surface area contributed by atoms with E-state index in [2.05, 4.69) is 4.98 Å². The predicted molar refractivity (Wildman–Crippen MR) is 123 cm³/mol. The number of fused-ring (bicyclic) bond motifs is 1. The minimum absolute atomic E-state index is 0.0767. The average molecular weight is 484 g/mol. The molecule has 0 amide bonds. The molecule has 1 saturated carbocycles. The van der Waals surface area contributed by atoms with Crippen LogP contribution in [0.5, 0.6) is 5.75 Å². The van der Waals surface area contributed by atoms with Crippen molar-refractivity contribution in [2.75, 3.05) is 0 Å². The summed E-state index contributed by atoms with van der Waals surface area (Å²) in [5.41, 5.74) is 0.184. The topological polar surface area (TPSA) is 70.5 Å². The van der Waals surface area contributed by atoms with Crippen LogP contribution < -0.4 is 15.9 Å². The Labute approximate surface area is 198 Å². The number of rotatable bonds is 5. The quantitative estimate of drug-likeness (QED) is 0.420. The highest BCUT2D eigenvalue weighted by atomic mass is 19.4. The minimum atomic E-state index is -4.56. The smallest absolute Gasteiger partial charge is 0.416 e. The van der Waals surface area contributed by atoms with Crippen LogP contribution in [0.1, 0.15) is 48.3 Å². The summed E-state index contributed by atoms with van der Waals surface area (Å²) in [6.07, 6.45) is 1.72. The van der Waals surface area contributed by atoms with Crippen molar-refractivity contribution in [3.8, 4) is 11.4 Å². The minimum Gasteiger partial charge on any atom is -0.490 e. The SMILES string of the molecule is Cc1cn(-c2ccc3c(=O)n(C(C)c4cc(OC5CC5)cc(C(F)(F)F)c4)c(C)cn3c2=O)cn1. The highest BCUT2D eigenvalue weighted by Crippen LogP contribution is 2.36. The van der Waals surface area contributed by atoms with E-state index in [0.717, 1.165) is 30.7 Å². The molecule has 1 unspecified atom stereocenters. The second-order valence-electron chi connectivity index (χ2n) is 8.93. The van der Waals surface area contributed by atoms with Crippen LogP contribution >= 0.6 is 0 Å². The van der Waals surface area contributed by atoms with Gasteiger partial charge in [-0.1, -0.05) is 0 Å². The number of pyridine rings is 1. The lowest BCUT2D eigenvalue weighted by atomic mass is 10.0. The van der Waals surface area contributed by atoms with Gasteiger partial charge in [0.2, 0.25) is 0 Å². The Balaban J connectivity index is 1.63. The molecule has 5 rings (SSSR count). The summed E-state index contributed by atoms with van der Waals surface area (Å²) >= 11 is 0. The van der Waals surface area contributed by atoms with Crippen molar-refractivity contribution >= 4 is 5.52 Å². The molecule has 4 aromatic rings. The van der Waals surface area contributed by atoms with Crippen LogP contribution in [0.4, 0.5) is 13.2 Å². The van der Waals surface area contributed by atoms with Crippen molar-refractivity contribution in [2.45, 2.75) is 51.9 Å². The number of hydrogen-bond acceptors (Lipinski definition) is 4. The maximum Gasteiger partial charge on any atom is 0.416 e. The van der Waals surface area contributed by atoms with Crippen molar-refractivity contribution in [1.82, 2.24) is 18.5 Å². The molecule has 0 aliphatic heterocycles. The Kier molecular flexibility index (Phi) is 5.34. The molecule has 1 fully saturated rings. The van der Waals surface area contributed by atoms with Crippen molar-refractivity contribution in [1.29, 1.82) is 0 Å². The molecule has 1 aliphatic rings. The second-order valence-corrected chi connectivity index (χ2v) is 8.93. The summed E-state index contributed by atoms with van der Waals surface area (Å²) in [5, 5.41) is 0. The second kappa shape index (κ2) is 8.14. The van der Waals surface area contributed by atoms with Gasteiger partial charge in [-0.15, -0.1) is 0 Å². The molecule has 0 bridgehead atoms. The number of nitrogens with zero attached hydrogens (tertiary/aromatic N) is 4. The molecule has 0 spiro atoms. The van der Waals surface area contributed by atoms with E-state index >= 15 is 0 Å². The first kappa shape index (κ1) is 22.9. The Morgan fingerprint density at radius 3 is 2.43 bits per heavy atom. The monoisotopic (exact) mass is 484 g/mol. The molecule has 0 radical (unpaired) electrons. The fourth-order valence-corrected chi connectivity index (χ4v) is 4.23. The van der Waals surface area contributed by atoms with Crippen LogP contribution in [0.3, 0.4) is 0 Å². The van der Waals surface area contributed by atoms with E-state index < -0.39 is 28.9 Å². The summed E-state index contributed by atoms with van der Waals surface area (Å²) in [5.74, 6) is 0.132. The maximum atomic E-state index is 13.6. The summed E-state index contributed by atoms with van der Waals surface area (Å²) < 4.78 is 50.7. The number of benzene rings is 1. The van der Waals surface area contributed by atoms with Crippen molar-refractivity contribution in [3.63, 3.8) is 0 Å². The van der Waals surface area contributed by atoms with Crippen LogP contribution in [-0.4, -0.2) is 24.6 Å². The lowest BCUT2D eigenvalue weighted by molar-refractivity contribution is -0.137. The maximum absolute atomic E-state index is 13.6. The normalized spacial score (nSPS) is 14.9. The van der Waals surface area contributed by atoms with Gasteiger partial charge in [-0.2, -0.15) is 13.2 Å². The standard InChI is InChI=1S/C25H23F3N4O3/c1-14-11-30(13-29-14)21-6-7-22-24(34)32(15(2)12-31(22)23(21)33)16(3)17-8-18(25(26,27)28)10-20(9-17)35-19-4-5-19/h6-13,16,19H,4-5H2,1-3H3. The lowest BCUT2D eigenvalue weighted by Crippen LogP contribution is -2.32. The number of imidazole rings is 1. The fraction of sp³-hybridized carbons (Fsp3) is 0.320. The molecule has 182 valence electrons. The molecular weight excluding hydrogens is 461 g/mol. The number of hydrogen-bond donors (Lipinski definition) is 0. The van der Waals surface area contributed by atoms with Gasteiger partial charge in [-0.3, -0.25) is 14.0 Å². The number of halogens is 3. The third-order valence-electron chi connectivity index (χ3n) is 6.17. The largest absolute Gasteiger partial charge is 0.490 e. The highest BCUT2D eigenvalue weighted by molar-refractivity contribution is 5.50. The molecule has 0 saturated heterocycles. The number of aryl methyl sites for hydroxylation is 2. The van der Waals surface area contributed by atoms with Crippen LogP contribution in [0.2, 0.25) is 0 Å². The lowest BCUT2D eigenvalue weighted by Gasteiger charge is -2.22. The Hall–Kier alpha value is -3.82. The van der Waals surface area contributed by atoms with Gasteiger partial charge in [-0.05, 0) is 69.5 Å². The number of aromatic nitrogens is 4. The summed E-state index contributed by atoms with van der Waals surface area (Å²) in [7, 11) is 0. The zero-order valence-electron chi connectivity index (χ0n) is 19.3. The average Bonchev–Trinajstić information content (AvgIpc) is 3.50. The van der Waals surface area contributed by atoms with Gasteiger partial charge in [0, 0.05) is 18.1 Å². The third-order valence-corrected chi connectivity index (χ3v) is 6.17. The van der Waals surface area contributed by atoms with E-state index in [4.69, 9.17) is 4.74 Å². The Bertz CT molecular complexity index is 1560. The molecule has 1 aromatic carbocycles. The van der Waals surface area contributed by atoms with E-state index in [1.165, 1.54) is 33.6 Å². The molecule has 35 heavy (non-hydrogen) atoms. The zero-order valence-corrected chi connectivity index (χ0v) is 19.3. The van der Waals surface area contributed by atoms with Gasteiger partial charge >= 0.3 is 6.18 Å².